The largest absolute Gasteiger partial charge is 0.402 e. The number of allylic oxidation sites excluding steroid dienone is 4. The highest BCUT2D eigenvalue weighted by atomic mass is 79.9. The standard InChI is InChI=1S/C9H10BrN/c1-7-3-2-4-8(10)5-6-9(7)11/h5-7H,3,11H2,1H3/b8-5+,9-6?. The lowest BCUT2D eigenvalue weighted by Gasteiger charge is -2.07. The lowest BCUT2D eigenvalue weighted by Crippen LogP contribution is -2.08. The zero-order chi connectivity index (χ0) is 8.27. The van der Waals surface area contributed by atoms with Crippen LogP contribution in [0.3, 0.4) is 0 Å². The summed E-state index contributed by atoms with van der Waals surface area (Å²) < 4.78 is 0.896. The first-order chi connectivity index (χ1) is 5.20. The van der Waals surface area contributed by atoms with E-state index in [1.165, 1.54) is 0 Å². The molecule has 0 aromatic carbocycles. The minimum atomic E-state index is 0.374. The van der Waals surface area contributed by atoms with E-state index < -0.39 is 0 Å². The van der Waals surface area contributed by atoms with Gasteiger partial charge in [0.25, 0.3) is 0 Å². The molecule has 1 rings (SSSR count). The van der Waals surface area contributed by atoms with Gasteiger partial charge in [0.15, 0.2) is 0 Å². The summed E-state index contributed by atoms with van der Waals surface area (Å²) in [4.78, 5) is 0. The zero-order valence-electron chi connectivity index (χ0n) is 6.39. The van der Waals surface area contributed by atoms with Crippen molar-refractivity contribution in [2.24, 2.45) is 11.7 Å². The van der Waals surface area contributed by atoms with E-state index in [1.54, 1.807) is 0 Å². The summed E-state index contributed by atoms with van der Waals surface area (Å²) in [5, 5.41) is 0. The van der Waals surface area contributed by atoms with Crippen LogP contribution in [0.15, 0.2) is 22.3 Å². The molecule has 2 heteroatoms. The second-order valence-corrected chi connectivity index (χ2v) is 3.44. The third kappa shape index (κ3) is 2.44. The SMILES string of the molecule is CC1CC#C/C(Br)=C\C=C1N. The predicted molar refractivity (Wildman–Crippen MR) is 50.8 cm³/mol. The van der Waals surface area contributed by atoms with Gasteiger partial charge in [-0.05, 0) is 28.1 Å². The van der Waals surface area contributed by atoms with E-state index in [-0.39, 0.29) is 0 Å². The fourth-order valence-electron chi connectivity index (χ4n) is 0.782. The summed E-state index contributed by atoms with van der Waals surface area (Å²) in [5.74, 6) is 6.37. The van der Waals surface area contributed by atoms with Gasteiger partial charge in [-0.1, -0.05) is 18.8 Å². The van der Waals surface area contributed by atoms with Gasteiger partial charge in [0.2, 0.25) is 0 Å². The second kappa shape index (κ2) is 3.64. The van der Waals surface area contributed by atoms with Crippen molar-refractivity contribution in [3.05, 3.63) is 22.3 Å². The molecular formula is C9H10BrN. The molecule has 58 valence electrons. The number of hydrogen-bond donors (Lipinski definition) is 1. The molecule has 1 aliphatic rings. The van der Waals surface area contributed by atoms with Crippen molar-refractivity contribution in [2.45, 2.75) is 13.3 Å². The van der Waals surface area contributed by atoms with Gasteiger partial charge in [0.05, 0.1) is 4.48 Å². The summed E-state index contributed by atoms with van der Waals surface area (Å²) in [6, 6.07) is 0. The maximum atomic E-state index is 5.74. The van der Waals surface area contributed by atoms with E-state index in [1.807, 2.05) is 12.2 Å². The molecule has 0 fully saturated rings. The first-order valence-electron chi connectivity index (χ1n) is 3.52. The molecule has 0 aromatic rings. The summed E-state index contributed by atoms with van der Waals surface area (Å²) >= 11 is 3.31. The second-order valence-electron chi connectivity index (χ2n) is 2.59. The average Bonchev–Trinajstić information content (AvgIpc) is 1.98. The number of rotatable bonds is 0. The number of halogens is 1. The molecule has 0 spiro atoms. The Labute approximate surface area is 75.5 Å². The van der Waals surface area contributed by atoms with Crippen molar-refractivity contribution in [3.63, 3.8) is 0 Å². The Balaban J connectivity index is 2.88. The first kappa shape index (κ1) is 8.42. The van der Waals surface area contributed by atoms with Crippen LogP contribution in [0.25, 0.3) is 0 Å². The highest BCUT2D eigenvalue weighted by Crippen LogP contribution is 2.13. The molecule has 1 atom stereocenters. The van der Waals surface area contributed by atoms with Crippen LogP contribution >= 0.6 is 15.9 Å². The van der Waals surface area contributed by atoms with Crippen LogP contribution < -0.4 is 5.73 Å². The van der Waals surface area contributed by atoms with E-state index in [4.69, 9.17) is 5.73 Å². The van der Waals surface area contributed by atoms with Gasteiger partial charge < -0.3 is 5.73 Å². The van der Waals surface area contributed by atoms with Crippen LogP contribution in [0, 0.1) is 17.8 Å². The molecule has 0 aliphatic heterocycles. The van der Waals surface area contributed by atoms with Crippen molar-refractivity contribution in [3.8, 4) is 11.8 Å². The van der Waals surface area contributed by atoms with Gasteiger partial charge >= 0.3 is 0 Å². The van der Waals surface area contributed by atoms with Crippen molar-refractivity contribution >= 4 is 15.9 Å². The Morgan fingerprint density at radius 1 is 1.64 bits per heavy atom. The van der Waals surface area contributed by atoms with Gasteiger partial charge in [-0.3, -0.25) is 0 Å². The monoisotopic (exact) mass is 211 g/mol. The molecule has 0 saturated carbocycles. The van der Waals surface area contributed by atoms with Crippen LogP contribution in [-0.4, -0.2) is 0 Å². The van der Waals surface area contributed by atoms with Crippen LogP contribution in [0.4, 0.5) is 0 Å². The molecule has 1 nitrogen and oxygen atoms in total. The Kier molecular flexibility index (Phi) is 2.78. The van der Waals surface area contributed by atoms with E-state index in [2.05, 4.69) is 34.7 Å². The van der Waals surface area contributed by atoms with Crippen molar-refractivity contribution in [2.75, 3.05) is 0 Å². The van der Waals surface area contributed by atoms with E-state index in [0.29, 0.717) is 5.92 Å². The normalized spacial score (nSPS) is 28.4. The highest BCUT2D eigenvalue weighted by Gasteiger charge is 2.03. The fraction of sp³-hybridized carbons (Fsp3) is 0.333. The molecular weight excluding hydrogens is 202 g/mol. The summed E-state index contributed by atoms with van der Waals surface area (Å²) in [5.41, 5.74) is 6.64. The first-order valence-corrected chi connectivity index (χ1v) is 4.31. The van der Waals surface area contributed by atoms with Gasteiger partial charge in [0.1, 0.15) is 0 Å². The number of nitrogens with two attached hydrogens (primary N) is 1. The topological polar surface area (TPSA) is 26.0 Å². The van der Waals surface area contributed by atoms with Crippen molar-refractivity contribution in [1.29, 1.82) is 0 Å². The average molecular weight is 212 g/mol. The lowest BCUT2D eigenvalue weighted by molar-refractivity contribution is 0.697. The van der Waals surface area contributed by atoms with Gasteiger partial charge in [-0.2, -0.15) is 0 Å². The molecule has 1 aliphatic carbocycles. The molecule has 0 heterocycles. The maximum Gasteiger partial charge on any atom is 0.0674 e. The fourth-order valence-corrected chi connectivity index (χ4v) is 1.05. The van der Waals surface area contributed by atoms with Crippen molar-refractivity contribution in [1.82, 2.24) is 0 Å². The molecule has 2 N–H and O–H groups in total. The highest BCUT2D eigenvalue weighted by molar-refractivity contribution is 9.12. The number of hydrogen-bond acceptors (Lipinski definition) is 1. The zero-order valence-corrected chi connectivity index (χ0v) is 7.98. The molecule has 0 aromatic heterocycles. The lowest BCUT2D eigenvalue weighted by atomic mass is 10.0. The van der Waals surface area contributed by atoms with E-state index in [0.717, 1.165) is 16.6 Å². The summed E-state index contributed by atoms with van der Waals surface area (Å²) in [6.45, 7) is 2.08. The van der Waals surface area contributed by atoms with Gasteiger partial charge in [0, 0.05) is 18.0 Å². The summed E-state index contributed by atoms with van der Waals surface area (Å²) in [7, 11) is 0. The minimum absolute atomic E-state index is 0.374. The van der Waals surface area contributed by atoms with E-state index in [9.17, 15) is 0 Å². The van der Waals surface area contributed by atoms with Crippen LogP contribution in [0.2, 0.25) is 0 Å². The van der Waals surface area contributed by atoms with Crippen LogP contribution in [0.5, 0.6) is 0 Å². The molecule has 0 bridgehead atoms. The molecule has 11 heavy (non-hydrogen) atoms. The van der Waals surface area contributed by atoms with Crippen LogP contribution in [-0.2, 0) is 0 Å². The summed E-state index contributed by atoms with van der Waals surface area (Å²) in [6.07, 6.45) is 4.63. The third-order valence-electron chi connectivity index (χ3n) is 1.61. The Morgan fingerprint density at radius 2 is 2.36 bits per heavy atom. The quantitative estimate of drug-likeness (QED) is 0.611. The van der Waals surface area contributed by atoms with Crippen LogP contribution in [0.1, 0.15) is 13.3 Å². The third-order valence-corrected chi connectivity index (χ3v) is 2.07. The maximum absolute atomic E-state index is 5.74. The minimum Gasteiger partial charge on any atom is -0.402 e. The molecule has 0 radical (unpaired) electrons. The molecule has 1 unspecified atom stereocenters. The van der Waals surface area contributed by atoms with Gasteiger partial charge in [-0.25, -0.2) is 0 Å². The van der Waals surface area contributed by atoms with E-state index >= 15 is 0 Å². The smallest absolute Gasteiger partial charge is 0.0674 e. The van der Waals surface area contributed by atoms with Crippen molar-refractivity contribution < 1.29 is 0 Å². The van der Waals surface area contributed by atoms with Gasteiger partial charge in [-0.15, -0.1) is 0 Å². The molecule has 0 saturated heterocycles. The predicted octanol–water partition coefficient (Wildman–Crippen LogP) is 2.15. The Bertz CT molecular complexity index is 265. The molecule has 0 amide bonds. The Hall–Kier alpha value is -0.680. The Morgan fingerprint density at radius 3 is 3.09 bits per heavy atom.